The highest BCUT2D eigenvalue weighted by Gasteiger charge is 1.80. The van der Waals surface area contributed by atoms with Crippen molar-refractivity contribution >= 4 is 22.1 Å². The van der Waals surface area contributed by atoms with Crippen molar-refractivity contribution in [3.63, 3.8) is 0 Å². The van der Waals surface area contributed by atoms with Gasteiger partial charge < -0.3 is 0 Å². The predicted molar refractivity (Wildman–Crippen MR) is 32.8 cm³/mol. The van der Waals surface area contributed by atoms with Gasteiger partial charge in [0.2, 0.25) is 0 Å². The van der Waals surface area contributed by atoms with E-state index >= 15 is 0 Å². The first kappa shape index (κ1) is 6.15. The van der Waals surface area contributed by atoms with E-state index in [9.17, 15) is 0 Å². The van der Waals surface area contributed by atoms with Crippen molar-refractivity contribution < 1.29 is 0 Å². The van der Waals surface area contributed by atoms with E-state index in [0.717, 1.165) is 0 Å². The molecule has 0 aromatic carbocycles. The summed E-state index contributed by atoms with van der Waals surface area (Å²) in [4.78, 5) is 4.18. The van der Waals surface area contributed by atoms with E-state index in [4.69, 9.17) is 0 Å². The lowest BCUT2D eigenvalue weighted by atomic mass is 10.5. The summed E-state index contributed by atoms with van der Waals surface area (Å²) in [5.74, 6) is 0. The van der Waals surface area contributed by atoms with Crippen LogP contribution in [0.3, 0.4) is 0 Å². The van der Waals surface area contributed by atoms with Gasteiger partial charge in [-0.1, -0.05) is 15.9 Å². The molecule has 0 aliphatic carbocycles. The van der Waals surface area contributed by atoms with Gasteiger partial charge in [-0.2, -0.15) is 0 Å². The van der Waals surface area contributed by atoms with E-state index in [2.05, 4.69) is 20.9 Å². The van der Waals surface area contributed by atoms with E-state index in [-0.39, 0.29) is 0 Å². The third kappa shape index (κ3) is 4.15. The van der Waals surface area contributed by atoms with Crippen LogP contribution >= 0.6 is 15.9 Å². The summed E-state index contributed by atoms with van der Waals surface area (Å²) in [6.07, 6.45) is 1.83. The zero-order valence-corrected chi connectivity index (χ0v) is 5.57. The van der Waals surface area contributed by atoms with Crippen molar-refractivity contribution in [3.05, 3.63) is 0 Å². The third-order valence-electron chi connectivity index (χ3n) is 0.354. The molecule has 0 radical (unpaired) electrons. The molecule has 0 heterocycles. The molecule has 6 heavy (non-hydrogen) atoms. The first-order valence-corrected chi connectivity index (χ1v) is 2.75. The van der Waals surface area contributed by atoms with Gasteiger partial charge in [-0.05, 0) is 6.92 Å². The molecule has 1 unspecified atom stereocenters. The standard InChI is InChI=1S/C4H8BrN/c1-4(5)3-6-2/h3-4H,1-2H3. The Kier molecular flexibility index (Phi) is 3.43. The van der Waals surface area contributed by atoms with Crippen molar-refractivity contribution in [2.75, 3.05) is 7.05 Å². The molecule has 0 aliphatic rings. The van der Waals surface area contributed by atoms with Crippen LogP contribution in [0.4, 0.5) is 0 Å². The normalized spacial score (nSPS) is 15.8. The van der Waals surface area contributed by atoms with Gasteiger partial charge in [-0.3, -0.25) is 4.99 Å². The summed E-state index contributed by atoms with van der Waals surface area (Å²) in [6.45, 7) is 2.02. The van der Waals surface area contributed by atoms with E-state index in [1.807, 2.05) is 13.1 Å². The molecule has 0 saturated heterocycles. The lowest BCUT2D eigenvalue weighted by Crippen LogP contribution is -1.87. The van der Waals surface area contributed by atoms with Crippen molar-refractivity contribution in [3.8, 4) is 0 Å². The highest BCUT2D eigenvalue weighted by molar-refractivity contribution is 9.09. The molecule has 2 heteroatoms. The Hall–Kier alpha value is 0.150. The second-order valence-corrected chi connectivity index (χ2v) is 2.53. The second kappa shape index (κ2) is 3.34. The fourth-order valence-electron chi connectivity index (χ4n) is 0.205. The molecule has 0 amide bonds. The third-order valence-corrected chi connectivity index (χ3v) is 0.591. The number of rotatable bonds is 1. The van der Waals surface area contributed by atoms with Crippen LogP contribution in [-0.4, -0.2) is 18.1 Å². The van der Waals surface area contributed by atoms with Crippen LogP contribution in [0.2, 0.25) is 0 Å². The molecule has 0 saturated carbocycles. The van der Waals surface area contributed by atoms with Crippen molar-refractivity contribution in [2.45, 2.75) is 11.8 Å². The Balaban J connectivity index is 3.03. The van der Waals surface area contributed by atoms with Gasteiger partial charge in [0, 0.05) is 18.1 Å². The molecule has 1 nitrogen and oxygen atoms in total. The highest BCUT2D eigenvalue weighted by Crippen LogP contribution is 1.89. The van der Waals surface area contributed by atoms with Crippen molar-refractivity contribution in [1.82, 2.24) is 0 Å². The van der Waals surface area contributed by atoms with Crippen LogP contribution in [0, 0.1) is 0 Å². The quantitative estimate of drug-likeness (QED) is 0.396. The molecule has 0 rings (SSSR count). The number of halogens is 1. The Morgan fingerprint density at radius 3 is 2.33 bits per heavy atom. The minimum absolute atomic E-state index is 0.419. The first-order chi connectivity index (χ1) is 2.77. The SMILES string of the molecule is CN=CC(C)Br. The largest absolute Gasteiger partial charge is 0.300 e. The van der Waals surface area contributed by atoms with Crippen LogP contribution in [0.5, 0.6) is 0 Å². The Morgan fingerprint density at radius 2 is 2.33 bits per heavy atom. The van der Waals surface area contributed by atoms with Gasteiger partial charge in [0.05, 0.1) is 0 Å². The number of aliphatic imine (C=N–C) groups is 1. The van der Waals surface area contributed by atoms with E-state index in [1.54, 1.807) is 7.05 Å². The van der Waals surface area contributed by atoms with Gasteiger partial charge in [0.1, 0.15) is 0 Å². The van der Waals surface area contributed by atoms with E-state index in [1.165, 1.54) is 0 Å². The zero-order valence-electron chi connectivity index (χ0n) is 3.98. The maximum atomic E-state index is 3.76. The zero-order chi connectivity index (χ0) is 4.99. The van der Waals surface area contributed by atoms with Crippen LogP contribution in [-0.2, 0) is 0 Å². The Labute approximate surface area is 46.6 Å². The number of nitrogens with zero attached hydrogens (tertiary/aromatic N) is 1. The first-order valence-electron chi connectivity index (χ1n) is 1.83. The summed E-state index contributed by atoms with van der Waals surface area (Å²) in [5.41, 5.74) is 0. The second-order valence-electron chi connectivity index (χ2n) is 1.08. The fraction of sp³-hybridized carbons (Fsp3) is 0.750. The van der Waals surface area contributed by atoms with E-state index in [0.29, 0.717) is 4.83 Å². The molecule has 0 N–H and O–H groups in total. The highest BCUT2D eigenvalue weighted by atomic mass is 79.9. The van der Waals surface area contributed by atoms with Crippen LogP contribution in [0.1, 0.15) is 6.92 Å². The average Bonchev–Trinajstić information content (AvgIpc) is 1.35. The fourth-order valence-corrected chi connectivity index (χ4v) is 0.442. The Bertz CT molecular complexity index is 49.5. The molecule has 0 aromatic heterocycles. The topological polar surface area (TPSA) is 12.4 Å². The lowest BCUT2D eigenvalue weighted by Gasteiger charge is -1.83. The van der Waals surface area contributed by atoms with Gasteiger partial charge in [0.15, 0.2) is 0 Å². The van der Waals surface area contributed by atoms with Crippen molar-refractivity contribution in [1.29, 1.82) is 0 Å². The number of hydrogen-bond acceptors (Lipinski definition) is 1. The molecular weight excluding hydrogens is 142 g/mol. The molecule has 1 atom stereocenters. The molecule has 0 bridgehead atoms. The maximum Gasteiger partial charge on any atom is 0.0466 e. The maximum absolute atomic E-state index is 3.76. The molecular formula is C4H8BrN. The van der Waals surface area contributed by atoms with Crippen LogP contribution in [0.15, 0.2) is 4.99 Å². The molecule has 0 aromatic rings. The van der Waals surface area contributed by atoms with Gasteiger partial charge in [-0.15, -0.1) is 0 Å². The van der Waals surface area contributed by atoms with Crippen LogP contribution in [0.25, 0.3) is 0 Å². The monoisotopic (exact) mass is 149 g/mol. The number of hydrogen-bond donors (Lipinski definition) is 0. The summed E-state index contributed by atoms with van der Waals surface area (Å²) >= 11 is 3.29. The molecule has 0 spiro atoms. The minimum atomic E-state index is 0.419. The van der Waals surface area contributed by atoms with Crippen LogP contribution < -0.4 is 0 Å². The van der Waals surface area contributed by atoms with Crippen molar-refractivity contribution in [2.24, 2.45) is 4.99 Å². The smallest absolute Gasteiger partial charge is 0.0466 e. The van der Waals surface area contributed by atoms with Gasteiger partial charge in [-0.25, -0.2) is 0 Å². The summed E-state index contributed by atoms with van der Waals surface area (Å²) < 4.78 is 0. The molecule has 36 valence electrons. The van der Waals surface area contributed by atoms with E-state index < -0.39 is 0 Å². The Morgan fingerprint density at radius 1 is 1.83 bits per heavy atom. The lowest BCUT2D eigenvalue weighted by molar-refractivity contribution is 1.33. The summed E-state index contributed by atoms with van der Waals surface area (Å²) in [5, 5.41) is 0. The summed E-state index contributed by atoms with van der Waals surface area (Å²) in [6, 6.07) is 0. The average molecular weight is 150 g/mol. The van der Waals surface area contributed by atoms with Gasteiger partial charge in [0.25, 0.3) is 0 Å². The predicted octanol–water partition coefficient (Wildman–Crippen LogP) is 1.47. The minimum Gasteiger partial charge on any atom is -0.300 e. The van der Waals surface area contributed by atoms with Gasteiger partial charge >= 0.3 is 0 Å². The number of alkyl halides is 1. The molecule has 0 fully saturated rings. The molecule has 0 aliphatic heterocycles. The summed E-state index contributed by atoms with van der Waals surface area (Å²) in [7, 11) is 1.76.